The number of halogens is 1. The molecule has 5 heteroatoms. The van der Waals surface area contributed by atoms with Gasteiger partial charge in [0, 0.05) is 18.8 Å². The molecule has 3 rings (SSSR count). The van der Waals surface area contributed by atoms with Crippen molar-refractivity contribution < 1.29 is 4.39 Å². The summed E-state index contributed by atoms with van der Waals surface area (Å²) < 4.78 is 16.5. The van der Waals surface area contributed by atoms with Crippen molar-refractivity contribution in [3.8, 4) is 11.3 Å². The molecule has 2 N–H and O–H groups in total. The van der Waals surface area contributed by atoms with Gasteiger partial charge in [-0.2, -0.15) is 0 Å². The molecule has 0 saturated heterocycles. The second kappa shape index (κ2) is 4.05. The number of fused-ring (bicyclic) bond motifs is 1. The molecule has 4 nitrogen and oxygen atoms in total. The number of imidazole rings is 1. The van der Waals surface area contributed by atoms with Crippen LogP contribution in [0, 0.1) is 12.7 Å². The summed E-state index contributed by atoms with van der Waals surface area (Å²) in [5.41, 5.74) is 6.98. The Labute approximate surface area is 109 Å². The van der Waals surface area contributed by atoms with Crippen molar-refractivity contribution >= 4 is 16.6 Å². The fourth-order valence-corrected chi connectivity index (χ4v) is 2.20. The molecule has 3 aromatic rings. The normalized spacial score (nSPS) is 11.1. The van der Waals surface area contributed by atoms with Crippen LogP contribution >= 0.6 is 0 Å². The fraction of sp³-hybridized carbons (Fsp3) is 0.143. The minimum atomic E-state index is -0.355. The second-order valence-electron chi connectivity index (χ2n) is 4.47. The van der Waals surface area contributed by atoms with E-state index in [0.717, 1.165) is 16.9 Å². The Kier molecular flexibility index (Phi) is 2.48. The molecular formula is C14H13FN4. The third kappa shape index (κ3) is 1.66. The van der Waals surface area contributed by atoms with E-state index < -0.39 is 0 Å². The van der Waals surface area contributed by atoms with Crippen LogP contribution in [0.25, 0.3) is 22.0 Å². The summed E-state index contributed by atoms with van der Waals surface area (Å²) in [6.07, 6.45) is 3.23. The molecule has 0 spiro atoms. The average molecular weight is 256 g/mol. The van der Waals surface area contributed by atoms with E-state index >= 15 is 0 Å². The maximum Gasteiger partial charge on any atom is 0.144 e. The first-order valence-electron chi connectivity index (χ1n) is 5.91. The van der Waals surface area contributed by atoms with Gasteiger partial charge >= 0.3 is 0 Å². The summed E-state index contributed by atoms with van der Waals surface area (Å²) in [6, 6.07) is 5.33. The molecule has 0 aliphatic heterocycles. The number of nitrogen functional groups attached to an aromatic ring is 1. The zero-order chi connectivity index (χ0) is 13.6. The number of hydrogen-bond donors (Lipinski definition) is 1. The highest BCUT2D eigenvalue weighted by molar-refractivity contribution is 5.94. The molecule has 19 heavy (non-hydrogen) atoms. The van der Waals surface area contributed by atoms with E-state index in [0.29, 0.717) is 10.9 Å². The fourth-order valence-electron chi connectivity index (χ4n) is 2.20. The maximum atomic E-state index is 14.6. The molecule has 96 valence electrons. The lowest BCUT2D eigenvalue weighted by Gasteiger charge is -2.09. The molecule has 0 aliphatic carbocycles. The summed E-state index contributed by atoms with van der Waals surface area (Å²) in [5.74, 6) is 0.676. The number of hydrogen-bond acceptors (Lipinski definition) is 3. The molecule has 0 atom stereocenters. The average Bonchev–Trinajstić information content (AvgIpc) is 2.71. The highest BCUT2D eigenvalue weighted by Gasteiger charge is 2.15. The van der Waals surface area contributed by atoms with Gasteiger partial charge in [-0.15, -0.1) is 0 Å². The van der Waals surface area contributed by atoms with Gasteiger partial charge in [0.15, 0.2) is 0 Å². The van der Waals surface area contributed by atoms with Crippen LogP contribution < -0.4 is 5.73 Å². The van der Waals surface area contributed by atoms with Crippen LogP contribution in [0.15, 0.2) is 30.6 Å². The zero-order valence-corrected chi connectivity index (χ0v) is 10.7. The van der Waals surface area contributed by atoms with Crippen molar-refractivity contribution in [3.63, 3.8) is 0 Å². The Morgan fingerprint density at radius 3 is 2.68 bits per heavy atom. The molecule has 1 aromatic carbocycles. The number of aryl methyl sites for hydroxylation is 1. The smallest absolute Gasteiger partial charge is 0.144 e. The highest BCUT2D eigenvalue weighted by atomic mass is 19.1. The van der Waals surface area contributed by atoms with Gasteiger partial charge < -0.3 is 10.3 Å². The van der Waals surface area contributed by atoms with Gasteiger partial charge in [-0.05, 0) is 24.4 Å². The van der Waals surface area contributed by atoms with Crippen molar-refractivity contribution in [1.82, 2.24) is 14.5 Å². The van der Waals surface area contributed by atoms with Gasteiger partial charge in [-0.3, -0.25) is 0 Å². The van der Waals surface area contributed by atoms with E-state index in [1.54, 1.807) is 24.5 Å². The third-order valence-electron chi connectivity index (χ3n) is 3.39. The van der Waals surface area contributed by atoms with E-state index in [4.69, 9.17) is 5.73 Å². The first-order valence-corrected chi connectivity index (χ1v) is 5.91. The summed E-state index contributed by atoms with van der Waals surface area (Å²) in [5, 5.41) is 1.10. The van der Waals surface area contributed by atoms with Crippen LogP contribution in [-0.4, -0.2) is 14.5 Å². The molecule has 0 unspecified atom stereocenters. The van der Waals surface area contributed by atoms with Gasteiger partial charge in [0.05, 0.1) is 17.3 Å². The summed E-state index contributed by atoms with van der Waals surface area (Å²) in [6.45, 7) is 1.87. The van der Waals surface area contributed by atoms with Crippen LogP contribution in [0.1, 0.15) is 5.82 Å². The number of nitrogens with zero attached hydrogens (tertiary/aromatic N) is 3. The van der Waals surface area contributed by atoms with Crippen molar-refractivity contribution in [3.05, 3.63) is 42.2 Å². The first-order chi connectivity index (χ1) is 9.09. The lowest BCUT2D eigenvalue weighted by molar-refractivity contribution is 0.641. The van der Waals surface area contributed by atoms with Crippen molar-refractivity contribution in [2.45, 2.75) is 6.92 Å². The molecule has 0 aliphatic rings. The largest absolute Gasteiger partial charge is 0.383 e. The van der Waals surface area contributed by atoms with Crippen LogP contribution in [0.5, 0.6) is 0 Å². The molecule has 0 amide bonds. The first kappa shape index (κ1) is 11.6. The lowest BCUT2D eigenvalue weighted by atomic mass is 10.1. The van der Waals surface area contributed by atoms with Gasteiger partial charge in [-0.1, -0.05) is 6.07 Å². The number of nitrogens with two attached hydrogens (primary N) is 1. The molecule has 0 saturated carbocycles. The SMILES string of the molecule is Cc1ncc(-c2ccc3ccnc(N)c3c2F)n1C. The number of anilines is 1. The summed E-state index contributed by atoms with van der Waals surface area (Å²) in [4.78, 5) is 8.13. The van der Waals surface area contributed by atoms with Gasteiger partial charge in [-0.25, -0.2) is 14.4 Å². The molecule has 2 aromatic heterocycles. The maximum absolute atomic E-state index is 14.6. The van der Waals surface area contributed by atoms with E-state index in [1.165, 1.54) is 0 Å². The van der Waals surface area contributed by atoms with E-state index in [2.05, 4.69) is 9.97 Å². The predicted octanol–water partition coefficient (Wildman–Crippen LogP) is 2.67. The predicted molar refractivity (Wildman–Crippen MR) is 73.1 cm³/mol. The van der Waals surface area contributed by atoms with E-state index in [1.807, 2.05) is 24.6 Å². The van der Waals surface area contributed by atoms with Crippen molar-refractivity contribution in [2.24, 2.45) is 7.05 Å². The number of pyridine rings is 1. The van der Waals surface area contributed by atoms with E-state index in [9.17, 15) is 4.39 Å². The van der Waals surface area contributed by atoms with E-state index in [-0.39, 0.29) is 11.6 Å². The number of rotatable bonds is 1. The monoisotopic (exact) mass is 256 g/mol. The van der Waals surface area contributed by atoms with Gasteiger partial charge in [0.1, 0.15) is 17.5 Å². The Bertz CT molecular complexity index is 776. The highest BCUT2D eigenvalue weighted by Crippen LogP contribution is 2.31. The Morgan fingerprint density at radius 2 is 2.00 bits per heavy atom. The summed E-state index contributed by atoms with van der Waals surface area (Å²) in [7, 11) is 1.86. The molecule has 0 radical (unpaired) electrons. The van der Waals surface area contributed by atoms with Crippen molar-refractivity contribution in [1.29, 1.82) is 0 Å². The molecule has 0 bridgehead atoms. The zero-order valence-electron chi connectivity index (χ0n) is 10.7. The van der Waals surface area contributed by atoms with Crippen LogP contribution in [-0.2, 0) is 7.05 Å². The second-order valence-corrected chi connectivity index (χ2v) is 4.47. The van der Waals surface area contributed by atoms with Crippen LogP contribution in [0.3, 0.4) is 0 Å². The minimum absolute atomic E-state index is 0.204. The molecule has 0 fully saturated rings. The van der Waals surface area contributed by atoms with Gasteiger partial charge in [0.2, 0.25) is 0 Å². The Balaban J connectivity index is 2.35. The number of aromatic nitrogens is 3. The Morgan fingerprint density at radius 1 is 1.21 bits per heavy atom. The van der Waals surface area contributed by atoms with Crippen LogP contribution in [0.4, 0.5) is 10.2 Å². The quantitative estimate of drug-likeness (QED) is 0.728. The minimum Gasteiger partial charge on any atom is -0.383 e. The van der Waals surface area contributed by atoms with Crippen molar-refractivity contribution in [2.75, 3.05) is 5.73 Å². The van der Waals surface area contributed by atoms with Crippen LogP contribution in [0.2, 0.25) is 0 Å². The molecular weight excluding hydrogens is 243 g/mol. The molecule has 2 heterocycles. The lowest BCUT2D eigenvalue weighted by Crippen LogP contribution is -1.99. The summed E-state index contributed by atoms with van der Waals surface area (Å²) >= 11 is 0. The third-order valence-corrected chi connectivity index (χ3v) is 3.39. The Hall–Kier alpha value is -2.43. The standard InChI is InChI=1S/C14H13FN4/c1-8-18-7-11(19(8)2)10-4-3-9-5-6-17-14(16)12(9)13(10)15/h3-7H,1-2H3,(H2,16,17). The topological polar surface area (TPSA) is 56.7 Å². The van der Waals surface area contributed by atoms with Gasteiger partial charge in [0.25, 0.3) is 0 Å². The number of benzene rings is 1.